The van der Waals surface area contributed by atoms with Crippen LogP contribution in [0.3, 0.4) is 0 Å². The molecule has 0 aliphatic rings. The van der Waals surface area contributed by atoms with Crippen molar-refractivity contribution in [1.29, 1.82) is 0 Å². The van der Waals surface area contributed by atoms with Gasteiger partial charge in [-0.05, 0) is 18.1 Å². The lowest BCUT2D eigenvalue weighted by atomic mass is 10.1. The molecule has 0 saturated heterocycles. The molecular formula is C15H20N2O3. The fourth-order valence-corrected chi connectivity index (χ4v) is 1.54. The summed E-state index contributed by atoms with van der Waals surface area (Å²) in [6.07, 6.45) is 1.95. The van der Waals surface area contributed by atoms with E-state index >= 15 is 0 Å². The van der Waals surface area contributed by atoms with Gasteiger partial charge in [-0.25, -0.2) is 0 Å². The summed E-state index contributed by atoms with van der Waals surface area (Å²) in [4.78, 5) is 23.5. The molecule has 20 heavy (non-hydrogen) atoms. The van der Waals surface area contributed by atoms with Crippen LogP contribution in [0.1, 0.15) is 30.6 Å². The van der Waals surface area contributed by atoms with Crippen LogP contribution < -0.4 is 15.6 Å². The second-order valence-electron chi connectivity index (χ2n) is 4.70. The molecule has 1 aromatic carbocycles. The highest BCUT2D eigenvalue weighted by molar-refractivity contribution is 5.97. The summed E-state index contributed by atoms with van der Waals surface area (Å²) in [5, 5.41) is 0. The molecule has 0 spiro atoms. The van der Waals surface area contributed by atoms with E-state index in [1.807, 2.05) is 13.8 Å². The summed E-state index contributed by atoms with van der Waals surface area (Å²) in [5.74, 6) is 0.0396. The first-order valence-electron chi connectivity index (χ1n) is 6.46. The van der Waals surface area contributed by atoms with Gasteiger partial charge in [0.15, 0.2) is 0 Å². The lowest BCUT2D eigenvalue weighted by Crippen LogP contribution is -2.42. The van der Waals surface area contributed by atoms with E-state index in [1.54, 1.807) is 30.3 Å². The minimum Gasteiger partial charge on any atom is -0.489 e. The molecular weight excluding hydrogens is 256 g/mol. The van der Waals surface area contributed by atoms with Crippen LogP contribution in [0.15, 0.2) is 36.9 Å². The largest absolute Gasteiger partial charge is 0.489 e. The lowest BCUT2D eigenvalue weighted by molar-refractivity contribution is -0.122. The number of nitrogens with one attached hydrogen (secondary N) is 2. The monoisotopic (exact) mass is 276 g/mol. The van der Waals surface area contributed by atoms with Gasteiger partial charge in [0.25, 0.3) is 5.91 Å². The number of hydrazine groups is 1. The van der Waals surface area contributed by atoms with Crippen molar-refractivity contribution < 1.29 is 14.3 Å². The normalized spacial score (nSPS) is 9.95. The SMILES string of the molecule is C=CCOc1ccccc1C(=O)NNC(=O)CC(C)C. The Morgan fingerprint density at radius 3 is 2.65 bits per heavy atom. The predicted octanol–water partition coefficient (Wildman–Crippen LogP) is 2.06. The van der Waals surface area contributed by atoms with Gasteiger partial charge in [0.2, 0.25) is 5.91 Å². The van der Waals surface area contributed by atoms with Gasteiger partial charge < -0.3 is 4.74 Å². The number of carbonyl (C=O) groups is 2. The van der Waals surface area contributed by atoms with E-state index in [9.17, 15) is 9.59 Å². The molecule has 0 fully saturated rings. The number of hydrogen-bond acceptors (Lipinski definition) is 3. The van der Waals surface area contributed by atoms with Crippen molar-refractivity contribution in [3.8, 4) is 5.75 Å². The summed E-state index contributed by atoms with van der Waals surface area (Å²) in [6, 6.07) is 6.81. The Labute approximate surface area is 119 Å². The van der Waals surface area contributed by atoms with Crippen molar-refractivity contribution in [2.24, 2.45) is 5.92 Å². The van der Waals surface area contributed by atoms with Gasteiger partial charge in [0.1, 0.15) is 12.4 Å². The summed E-state index contributed by atoms with van der Waals surface area (Å²) in [6.45, 7) is 7.73. The van der Waals surface area contributed by atoms with Gasteiger partial charge in [-0.1, -0.05) is 38.6 Å². The Balaban J connectivity index is 2.63. The molecule has 0 radical (unpaired) electrons. The summed E-state index contributed by atoms with van der Waals surface area (Å²) in [7, 11) is 0. The topological polar surface area (TPSA) is 67.4 Å². The van der Waals surface area contributed by atoms with Crippen LogP contribution >= 0.6 is 0 Å². The number of ether oxygens (including phenoxy) is 1. The third-order valence-corrected chi connectivity index (χ3v) is 2.40. The molecule has 108 valence electrons. The first-order valence-corrected chi connectivity index (χ1v) is 6.46. The van der Waals surface area contributed by atoms with Crippen molar-refractivity contribution in [3.05, 3.63) is 42.5 Å². The molecule has 0 unspecified atom stereocenters. The number of para-hydroxylation sites is 1. The second kappa shape index (κ2) is 7.99. The molecule has 5 heteroatoms. The molecule has 0 saturated carbocycles. The van der Waals surface area contributed by atoms with Gasteiger partial charge in [-0.2, -0.15) is 0 Å². The van der Waals surface area contributed by atoms with Crippen molar-refractivity contribution in [2.45, 2.75) is 20.3 Å². The third-order valence-electron chi connectivity index (χ3n) is 2.40. The molecule has 0 atom stereocenters. The molecule has 2 amide bonds. The van der Waals surface area contributed by atoms with Crippen molar-refractivity contribution >= 4 is 11.8 Å². The predicted molar refractivity (Wildman–Crippen MR) is 77.2 cm³/mol. The number of amides is 2. The zero-order valence-corrected chi connectivity index (χ0v) is 11.8. The van der Waals surface area contributed by atoms with E-state index in [-0.39, 0.29) is 11.8 Å². The van der Waals surface area contributed by atoms with Gasteiger partial charge in [-0.15, -0.1) is 0 Å². The Bertz CT molecular complexity index is 484. The van der Waals surface area contributed by atoms with Crippen LogP contribution in [-0.4, -0.2) is 18.4 Å². The molecule has 0 aliphatic heterocycles. The van der Waals surface area contributed by atoms with E-state index < -0.39 is 5.91 Å². The zero-order valence-electron chi connectivity index (χ0n) is 11.8. The van der Waals surface area contributed by atoms with Crippen LogP contribution in [0.4, 0.5) is 0 Å². The van der Waals surface area contributed by atoms with Crippen LogP contribution in [0.5, 0.6) is 5.75 Å². The first-order chi connectivity index (χ1) is 9.54. The van der Waals surface area contributed by atoms with E-state index in [4.69, 9.17) is 4.74 Å². The average molecular weight is 276 g/mol. The van der Waals surface area contributed by atoms with E-state index in [0.29, 0.717) is 24.3 Å². The van der Waals surface area contributed by atoms with E-state index in [1.165, 1.54) is 0 Å². The maximum absolute atomic E-state index is 12.0. The standard InChI is InChI=1S/C15H20N2O3/c1-4-9-20-13-8-6-5-7-12(13)15(19)17-16-14(18)10-11(2)3/h4-8,11H,1,9-10H2,2-3H3,(H,16,18)(H,17,19). The molecule has 5 nitrogen and oxygen atoms in total. The molecule has 0 aromatic heterocycles. The van der Waals surface area contributed by atoms with Crippen molar-refractivity contribution in [2.75, 3.05) is 6.61 Å². The maximum Gasteiger partial charge on any atom is 0.273 e. The quantitative estimate of drug-likeness (QED) is 0.617. The Morgan fingerprint density at radius 1 is 1.30 bits per heavy atom. The summed E-state index contributed by atoms with van der Waals surface area (Å²) in [5.41, 5.74) is 5.12. The van der Waals surface area contributed by atoms with Crippen LogP contribution in [0, 0.1) is 5.92 Å². The fourth-order valence-electron chi connectivity index (χ4n) is 1.54. The van der Waals surface area contributed by atoms with E-state index in [2.05, 4.69) is 17.4 Å². The molecule has 1 rings (SSSR count). The molecule has 2 N–H and O–H groups in total. The Hall–Kier alpha value is -2.30. The smallest absolute Gasteiger partial charge is 0.273 e. The number of benzene rings is 1. The minimum atomic E-state index is -0.415. The average Bonchev–Trinajstić information content (AvgIpc) is 2.42. The third kappa shape index (κ3) is 5.14. The Morgan fingerprint density at radius 2 is 2.00 bits per heavy atom. The summed E-state index contributed by atoms with van der Waals surface area (Å²) >= 11 is 0. The van der Waals surface area contributed by atoms with Gasteiger partial charge in [-0.3, -0.25) is 20.4 Å². The number of hydrogen-bond donors (Lipinski definition) is 2. The highest BCUT2D eigenvalue weighted by atomic mass is 16.5. The van der Waals surface area contributed by atoms with Gasteiger partial charge in [0, 0.05) is 6.42 Å². The molecule has 0 bridgehead atoms. The first kappa shape index (κ1) is 15.8. The van der Waals surface area contributed by atoms with Crippen LogP contribution in [0.2, 0.25) is 0 Å². The Kier molecular flexibility index (Phi) is 6.29. The number of rotatable bonds is 6. The minimum absolute atomic E-state index is 0.224. The molecule has 0 aliphatic carbocycles. The van der Waals surface area contributed by atoms with Crippen LogP contribution in [0.25, 0.3) is 0 Å². The van der Waals surface area contributed by atoms with Gasteiger partial charge in [0.05, 0.1) is 5.56 Å². The zero-order chi connectivity index (χ0) is 15.0. The van der Waals surface area contributed by atoms with Gasteiger partial charge >= 0.3 is 0 Å². The maximum atomic E-state index is 12.0. The van der Waals surface area contributed by atoms with Crippen molar-refractivity contribution in [3.63, 3.8) is 0 Å². The molecule has 1 aromatic rings. The van der Waals surface area contributed by atoms with Crippen LogP contribution in [-0.2, 0) is 4.79 Å². The lowest BCUT2D eigenvalue weighted by Gasteiger charge is -2.11. The molecule has 0 heterocycles. The highest BCUT2D eigenvalue weighted by Crippen LogP contribution is 2.17. The highest BCUT2D eigenvalue weighted by Gasteiger charge is 2.13. The summed E-state index contributed by atoms with van der Waals surface area (Å²) < 4.78 is 5.39. The van der Waals surface area contributed by atoms with Crippen molar-refractivity contribution in [1.82, 2.24) is 10.9 Å². The fraction of sp³-hybridized carbons (Fsp3) is 0.333. The second-order valence-corrected chi connectivity index (χ2v) is 4.70. The van der Waals surface area contributed by atoms with E-state index in [0.717, 1.165) is 0 Å². The number of carbonyl (C=O) groups excluding carboxylic acids is 2.